The van der Waals surface area contributed by atoms with E-state index in [4.69, 9.17) is 0 Å². The number of nitrogens with one attached hydrogen (secondary N) is 1. The Morgan fingerprint density at radius 3 is 2.58 bits per heavy atom. The smallest absolute Gasteiger partial charge is 0.223 e. The molecular weight excluding hydrogens is 302 g/mol. The molecule has 1 saturated heterocycles. The van der Waals surface area contributed by atoms with E-state index in [1.165, 1.54) is 12.5 Å². The number of carbonyl (C=O) groups excluding carboxylic acids is 2. The predicted molar refractivity (Wildman–Crippen MR) is 95.5 cm³/mol. The van der Waals surface area contributed by atoms with Crippen molar-refractivity contribution in [1.29, 1.82) is 0 Å². The Balaban J connectivity index is 1.83. The van der Waals surface area contributed by atoms with Gasteiger partial charge < -0.3 is 15.1 Å². The molecule has 5 nitrogen and oxygen atoms in total. The monoisotopic (exact) mass is 331 g/mol. The molecule has 0 saturated carbocycles. The van der Waals surface area contributed by atoms with E-state index >= 15 is 0 Å². The van der Waals surface area contributed by atoms with Crippen molar-refractivity contribution in [2.45, 2.75) is 38.6 Å². The number of unbranched alkanes of at least 4 members (excludes halogenated alkanes) is 2. The van der Waals surface area contributed by atoms with Gasteiger partial charge >= 0.3 is 0 Å². The lowest BCUT2D eigenvalue weighted by atomic mass is 10.0. The van der Waals surface area contributed by atoms with Crippen molar-refractivity contribution < 1.29 is 9.59 Å². The minimum absolute atomic E-state index is 0.00853. The number of benzene rings is 1. The van der Waals surface area contributed by atoms with Crippen molar-refractivity contribution in [2.75, 3.05) is 33.2 Å². The van der Waals surface area contributed by atoms with Gasteiger partial charge in [-0.05, 0) is 25.5 Å². The lowest BCUT2D eigenvalue weighted by molar-refractivity contribution is -0.136. The van der Waals surface area contributed by atoms with Crippen LogP contribution in [0, 0.1) is 0 Å². The summed E-state index contributed by atoms with van der Waals surface area (Å²) in [6, 6.07) is 10.5. The molecule has 0 bridgehead atoms. The summed E-state index contributed by atoms with van der Waals surface area (Å²) in [6.07, 6.45) is 3.37. The van der Waals surface area contributed by atoms with Gasteiger partial charge in [-0.3, -0.25) is 9.59 Å². The minimum atomic E-state index is 0.00853. The van der Waals surface area contributed by atoms with Crippen molar-refractivity contribution in [2.24, 2.45) is 0 Å². The fraction of sp³-hybridized carbons (Fsp3) is 0.579. The Hall–Kier alpha value is -1.88. The highest BCUT2D eigenvalue weighted by Gasteiger charge is 2.29. The molecule has 1 aliphatic heterocycles. The van der Waals surface area contributed by atoms with Crippen LogP contribution in [0.1, 0.15) is 44.2 Å². The second-order valence-corrected chi connectivity index (χ2v) is 6.57. The van der Waals surface area contributed by atoms with Crippen molar-refractivity contribution >= 4 is 11.8 Å². The average Bonchev–Trinajstić information content (AvgIpc) is 2.58. The molecule has 1 heterocycles. The van der Waals surface area contributed by atoms with Crippen LogP contribution in [-0.4, -0.2) is 54.8 Å². The molecule has 1 aromatic carbocycles. The van der Waals surface area contributed by atoms with Crippen LogP contribution in [0.25, 0.3) is 0 Å². The molecule has 1 aromatic rings. The summed E-state index contributed by atoms with van der Waals surface area (Å²) in [4.78, 5) is 27.8. The lowest BCUT2D eigenvalue weighted by Gasteiger charge is -2.40. The van der Waals surface area contributed by atoms with E-state index < -0.39 is 0 Å². The number of piperazine rings is 1. The molecule has 0 spiro atoms. The lowest BCUT2D eigenvalue weighted by Crippen LogP contribution is -2.49. The molecule has 0 aromatic heterocycles. The molecule has 2 amide bonds. The summed E-state index contributed by atoms with van der Waals surface area (Å²) >= 11 is 0. The van der Waals surface area contributed by atoms with Crippen LogP contribution in [0.5, 0.6) is 0 Å². The number of likely N-dealkylation sites (N-methyl/N-ethyl adjacent to an activating group) is 1. The molecule has 0 aliphatic carbocycles. The Bertz CT molecular complexity index is 533. The Morgan fingerprint density at radius 1 is 1.12 bits per heavy atom. The van der Waals surface area contributed by atoms with Crippen LogP contribution in [0.2, 0.25) is 0 Å². The minimum Gasteiger partial charge on any atom is -0.356 e. The van der Waals surface area contributed by atoms with E-state index in [0.29, 0.717) is 13.0 Å². The van der Waals surface area contributed by atoms with Gasteiger partial charge in [0.05, 0.1) is 6.04 Å². The van der Waals surface area contributed by atoms with E-state index in [2.05, 4.69) is 29.4 Å². The standard InChI is InChI=1S/C19H29N3O2/c1-16(23)20-12-8-4-7-11-19(24)22-14-13-21(2)15-18(22)17-9-5-3-6-10-17/h3,5-6,9-10,18H,4,7-8,11-15H2,1-2H3,(H,20,23). The zero-order chi connectivity index (χ0) is 17.4. The second kappa shape index (κ2) is 9.42. The third-order valence-electron chi connectivity index (χ3n) is 4.53. The van der Waals surface area contributed by atoms with Gasteiger partial charge in [-0.25, -0.2) is 0 Å². The Kier molecular flexibility index (Phi) is 7.25. The molecule has 1 aliphatic rings. The summed E-state index contributed by atoms with van der Waals surface area (Å²) in [5, 5.41) is 2.79. The first-order valence-electron chi connectivity index (χ1n) is 8.85. The quantitative estimate of drug-likeness (QED) is 0.779. The van der Waals surface area contributed by atoms with Crippen LogP contribution in [-0.2, 0) is 9.59 Å². The second-order valence-electron chi connectivity index (χ2n) is 6.57. The molecule has 1 unspecified atom stereocenters. The van der Waals surface area contributed by atoms with Gasteiger partial charge in [0.25, 0.3) is 0 Å². The van der Waals surface area contributed by atoms with Crippen LogP contribution < -0.4 is 5.32 Å². The molecule has 24 heavy (non-hydrogen) atoms. The third kappa shape index (κ3) is 5.64. The van der Waals surface area contributed by atoms with Gasteiger partial charge in [0, 0.05) is 39.5 Å². The number of rotatable bonds is 7. The number of carbonyl (C=O) groups is 2. The van der Waals surface area contributed by atoms with Crippen molar-refractivity contribution in [1.82, 2.24) is 15.1 Å². The maximum atomic E-state index is 12.7. The molecule has 1 N–H and O–H groups in total. The first-order chi connectivity index (χ1) is 11.6. The van der Waals surface area contributed by atoms with Gasteiger partial charge in [-0.15, -0.1) is 0 Å². The molecule has 5 heteroatoms. The summed E-state index contributed by atoms with van der Waals surface area (Å²) in [6.45, 7) is 4.84. The molecule has 1 fully saturated rings. The van der Waals surface area contributed by atoms with Crippen molar-refractivity contribution in [3.8, 4) is 0 Å². The summed E-state index contributed by atoms with van der Waals surface area (Å²) in [5.41, 5.74) is 1.21. The molecule has 0 radical (unpaired) electrons. The fourth-order valence-corrected chi connectivity index (χ4v) is 3.16. The van der Waals surface area contributed by atoms with Crippen LogP contribution in [0.4, 0.5) is 0 Å². The third-order valence-corrected chi connectivity index (χ3v) is 4.53. The molecule has 2 rings (SSSR count). The normalized spacial score (nSPS) is 18.4. The Morgan fingerprint density at radius 2 is 1.88 bits per heavy atom. The maximum absolute atomic E-state index is 12.7. The molecule has 132 valence electrons. The average molecular weight is 331 g/mol. The highest BCUT2D eigenvalue weighted by molar-refractivity contribution is 5.77. The van der Waals surface area contributed by atoms with E-state index in [1.54, 1.807) is 0 Å². The van der Waals surface area contributed by atoms with E-state index in [1.807, 2.05) is 23.1 Å². The first kappa shape index (κ1) is 18.5. The van der Waals surface area contributed by atoms with Crippen molar-refractivity contribution in [3.05, 3.63) is 35.9 Å². The van der Waals surface area contributed by atoms with E-state index in [-0.39, 0.29) is 17.9 Å². The highest BCUT2D eigenvalue weighted by atomic mass is 16.2. The number of amides is 2. The molecular formula is C19H29N3O2. The van der Waals surface area contributed by atoms with Gasteiger partial charge in [-0.1, -0.05) is 36.8 Å². The van der Waals surface area contributed by atoms with Crippen LogP contribution in [0.3, 0.4) is 0 Å². The van der Waals surface area contributed by atoms with Gasteiger partial charge in [0.15, 0.2) is 0 Å². The summed E-state index contributed by atoms with van der Waals surface area (Å²) in [5.74, 6) is 0.255. The zero-order valence-electron chi connectivity index (χ0n) is 14.8. The summed E-state index contributed by atoms with van der Waals surface area (Å²) in [7, 11) is 2.11. The van der Waals surface area contributed by atoms with Gasteiger partial charge in [0.2, 0.25) is 11.8 Å². The maximum Gasteiger partial charge on any atom is 0.223 e. The van der Waals surface area contributed by atoms with Crippen LogP contribution >= 0.6 is 0 Å². The predicted octanol–water partition coefficient (Wildman–Crippen LogP) is 2.20. The van der Waals surface area contributed by atoms with Crippen molar-refractivity contribution in [3.63, 3.8) is 0 Å². The highest BCUT2D eigenvalue weighted by Crippen LogP contribution is 2.25. The number of hydrogen-bond acceptors (Lipinski definition) is 3. The fourth-order valence-electron chi connectivity index (χ4n) is 3.16. The SMILES string of the molecule is CC(=O)NCCCCCC(=O)N1CCN(C)CC1c1ccccc1. The van der Waals surface area contributed by atoms with Gasteiger partial charge in [-0.2, -0.15) is 0 Å². The Labute approximate surface area is 145 Å². The topological polar surface area (TPSA) is 52.7 Å². The number of nitrogens with zero attached hydrogens (tertiary/aromatic N) is 2. The van der Waals surface area contributed by atoms with E-state index in [0.717, 1.165) is 38.9 Å². The largest absolute Gasteiger partial charge is 0.356 e. The van der Waals surface area contributed by atoms with Crippen LogP contribution in [0.15, 0.2) is 30.3 Å². The first-order valence-corrected chi connectivity index (χ1v) is 8.85. The van der Waals surface area contributed by atoms with E-state index in [9.17, 15) is 9.59 Å². The molecule has 1 atom stereocenters. The van der Waals surface area contributed by atoms with Gasteiger partial charge in [0.1, 0.15) is 0 Å². The number of hydrogen-bond donors (Lipinski definition) is 1. The summed E-state index contributed by atoms with van der Waals surface area (Å²) < 4.78 is 0. The zero-order valence-corrected chi connectivity index (χ0v) is 14.8.